The van der Waals surface area contributed by atoms with Gasteiger partial charge in [-0.2, -0.15) is 0 Å². The number of piperazine rings is 1. The molecule has 0 amide bonds. The maximum Gasteiger partial charge on any atom is 0.131 e. The van der Waals surface area contributed by atoms with Crippen LogP contribution < -0.4 is 19.5 Å². The Morgan fingerprint density at radius 3 is 2.04 bits per heavy atom. The first-order chi connectivity index (χ1) is 10.7. The van der Waals surface area contributed by atoms with Crippen molar-refractivity contribution in [2.75, 3.05) is 47.5 Å². The van der Waals surface area contributed by atoms with Crippen molar-refractivity contribution in [2.24, 2.45) is 0 Å². The van der Waals surface area contributed by atoms with E-state index in [1.165, 1.54) is 0 Å². The summed E-state index contributed by atoms with van der Waals surface area (Å²) in [6, 6.07) is 4.02. The third kappa shape index (κ3) is 5.18. The second-order valence-corrected chi connectivity index (χ2v) is 5.27. The predicted octanol–water partition coefficient (Wildman–Crippen LogP) is 3.08. The van der Waals surface area contributed by atoms with E-state index in [1.807, 2.05) is 18.2 Å². The number of ether oxygens (including phenoxy) is 3. The van der Waals surface area contributed by atoms with Crippen LogP contribution in [0.4, 0.5) is 0 Å². The van der Waals surface area contributed by atoms with E-state index in [4.69, 9.17) is 14.2 Å². The Kier molecular flexibility index (Phi) is 10.9. The highest BCUT2D eigenvalue weighted by Crippen LogP contribution is 2.42. The normalized spacial score (nSPS) is 15.5. The number of benzene rings is 1. The van der Waals surface area contributed by atoms with Gasteiger partial charge < -0.3 is 19.5 Å². The monoisotopic (exact) mass is 378 g/mol. The van der Waals surface area contributed by atoms with Gasteiger partial charge in [-0.25, -0.2) is 0 Å². The molecule has 0 aromatic heterocycles. The van der Waals surface area contributed by atoms with Crippen LogP contribution >= 0.6 is 24.8 Å². The van der Waals surface area contributed by atoms with Crippen molar-refractivity contribution in [3.05, 3.63) is 30.4 Å². The average molecular weight is 379 g/mol. The summed E-state index contributed by atoms with van der Waals surface area (Å²) < 4.78 is 16.6. The topological polar surface area (TPSA) is 43.0 Å². The molecule has 1 fully saturated rings. The molecule has 0 aliphatic carbocycles. The summed E-state index contributed by atoms with van der Waals surface area (Å²) in [4.78, 5) is 2.45. The highest BCUT2D eigenvalue weighted by molar-refractivity contribution is 5.85. The lowest BCUT2D eigenvalue weighted by atomic mass is 9.98. The van der Waals surface area contributed by atoms with Crippen molar-refractivity contribution in [1.29, 1.82) is 0 Å². The zero-order valence-electron chi connectivity index (χ0n) is 14.5. The summed E-state index contributed by atoms with van der Waals surface area (Å²) in [5, 5.41) is 3.39. The van der Waals surface area contributed by atoms with Gasteiger partial charge in [-0.05, 0) is 6.42 Å². The van der Waals surface area contributed by atoms with Crippen molar-refractivity contribution in [2.45, 2.75) is 12.5 Å². The molecule has 1 heterocycles. The SMILES string of the molecule is C=CC[C@H](c1c(OC)cc(OC)cc1OC)N1CCNCC1.Cl.Cl. The summed E-state index contributed by atoms with van der Waals surface area (Å²) in [5.74, 6) is 2.32. The summed E-state index contributed by atoms with van der Waals surface area (Å²) in [6.45, 7) is 7.90. The molecule has 5 nitrogen and oxygen atoms in total. The first kappa shape index (κ1) is 22.9. The number of nitrogens with zero attached hydrogens (tertiary/aromatic N) is 1. The molecule has 1 atom stereocenters. The molecule has 0 radical (unpaired) electrons. The van der Waals surface area contributed by atoms with Crippen molar-refractivity contribution in [3.8, 4) is 17.2 Å². The number of nitrogens with one attached hydrogen (secondary N) is 1. The highest BCUT2D eigenvalue weighted by Gasteiger charge is 2.27. The van der Waals surface area contributed by atoms with Crippen LogP contribution in [0, 0.1) is 0 Å². The highest BCUT2D eigenvalue weighted by atomic mass is 35.5. The molecule has 2 rings (SSSR count). The van der Waals surface area contributed by atoms with Crippen LogP contribution in [0.25, 0.3) is 0 Å². The third-order valence-corrected chi connectivity index (χ3v) is 4.07. The van der Waals surface area contributed by atoms with Gasteiger partial charge >= 0.3 is 0 Å². The van der Waals surface area contributed by atoms with Gasteiger partial charge in [0.1, 0.15) is 17.2 Å². The number of hydrogen-bond acceptors (Lipinski definition) is 5. The van der Waals surface area contributed by atoms with Gasteiger partial charge in [0.2, 0.25) is 0 Å². The second kappa shape index (κ2) is 11.4. The zero-order valence-corrected chi connectivity index (χ0v) is 16.2. The van der Waals surface area contributed by atoms with E-state index < -0.39 is 0 Å². The molecule has 7 heteroatoms. The summed E-state index contributed by atoms with van der Waals surface area (Å²) in [5.41, 5.74) is 1.06. The van der Waals surface area contributed by atoms with Crippen molar-refractivity contribution in [1.82, 2.24) is 10.2 Å². The van der Waals surface area contributed by atoms with Crippen LogP contribution in [0.3, 0.4) is 0 Å². The molecule has 0 saturated carbocycles. The Morgan fingerprint density at radius 2 is 1.62 bits per heavy atom. The van der Waals surface area contributed by atoms with Crippen LogP contribution in [0.2, 0.25) is 0 Å². The largest absolute Gasteiger partial charge is 0.496 e. The molecule has 138 valence electrons. The molecule has 0 unspecified atom stereocenters. The molecular formula is C17H28Cl2N2O3. The average Bonchev–Trinajstić information content (AvgIpc) is 2.59. The quantitative estimate of drug-likeness (QED) is 0.738. The fraction of sp³-hybridized carbons (Fsp3) is 0.529. The minimum absolute atomic E-state index is 0. The van der Waals surface area contributed by atoms with Gasteiger partial charge in [0.25, 0.3) is 0 Å². The lowest BCUT2D eigenvalue weighted by molar-refractivity contribution is 0.168. The van der Waals surface area contributed by atoms with Gasteiger partial charge in [-0.1, -0.05) is 6.08 Å². The van der Waals surface area contributed by atoms with Crippen LogP contribution in [-0.2, 0) is 0 Å². The number of hydrogen-bond donors (Lipinski definition) is 1. The molecule has 1 N–H and O–H groups in total. The lowest BCUT2D eigenvalue weighted by Crippen LogP contribution is -2.45. The fourth-order valence-electron chi connectivity index (χ4n) is 2.96. The Labute approximate surface area is 157 Å². The van der Waals surface area contributed by atoms with E-state index in [-0.39, 0.29) is 30.9 Å². The maximum absolute atomic E-state index is 5.61. The lowest BCUT2D eigenvalue weighted by Gasteiger charge is -2.36. The van der Waals surface area contributed by atoms with Gasteiger partial charge in [0, 0.05) is 44.4 Å². The van der Waals surface area contributed by atoms with Gasteiger partial charge in [0.15, 0.2) is 0 Å². The Bertz CT molecular complexity index is 484. The Morgan fingerprint density at radius 1 is 1.08 bits per heavy atom. The second-order valence-electron chi connectivity index (χ2n) is 5.27. The zero-order chi connectivity index (χ0) is 15.9. The van der Waals surface area contributed by atoms with Crippen LogP contribution in [-0.4, -0.2) is 52.4 Å². The molecule has 1 aliphatic rings. The van der Waals surface area contributed by atoms with E-state index >= 15 is 0 Å². The molecule has 24 heavy (non-hydrogen) atoms. The fourth-order valence-corrected chi connectivity index (χ4v) is 2.96. The van der Waals surface area contributed by atoms with E-state index in [1.54, 1.807) is 21.3 Å². The first-order valence-electron chi connectivity index (χ1n) is 7.60. The van der Waals surface area contributed by atoms with E-state index in [9.17, 15) is 0 Å². The van der Waals surface area contributed by atoms with Crippen LogP contribution in [0.15, 0.2) is 24.8 Å². The number of rotatable bonds is 7. The standard InChI is InChI=1S/C17H26N2O3.2ClH/c1-5-6-14(19-9-7-18-8-10-19)17-15(21-3)11-13(20-2)12-16(17)22-4;;/h5,11-12,14,18H,1,6-10H2,2-4H3;2*1H/t14-;;/m1../s1. The molecule has 1 aromatic rings. The first-order valence-corrected chi connectivity index (χ1v) is 7.60. The Balaban J connectivity index is 0.00000264. The number of halogens is 2. The van der Waals surface area contributed by atoms with Gasteiger partial charge in [-0.15, -0.1) is 31.4 Å². The van der Waals surface area contributed by atoms with E-state index in [2.05, 4.69) is 16.8 Å². The summed E-state index contributed by atoms with van der Waals surface area (Å²) in [7, 11) is 5.01. The molecule has 0 bridgehead atoms. The molecule has 0 spiro atoms. The van der Waals surface area contributed by atoms with Crippen molar-refractivity contribution in [3.63, 3.8) is 0 Å². The van der Waals surface area contributed by atoms with Crippen molar-refractivity contribution < 1.29 is 14.2 Å². The molecule has 1 aromatic carbocycles. The molecular weight excluding hydrogens is 351 g/mol. The van der Waals surface area contributed by atoms with Gasteiger partial charge in [-0.3, -0.25) is 4.90 Å². The van der Waals surface area contributed by atoms with Crippen molar-refractivity contribution >= 4 is 24.8 Å². The Hall–Kier alpha value is -1.14. The summed E-state index contributed by atoms with van der Waals surface area (Å²) in [6.07, 6.45) is 2.80. The van der Waals surface area contributed by atoms with Crippen LogP contribution in [0.5, 0.6) is 17.2 Å². The third-order valence-electron chi connectivity index (χ3n) is 4.07. The molecule has 1 saturated heterocycles. The summed E-state index contributed by atoms with van der Waals surface area (Å²) >= 11 is 0. The maximum atomic E-state index is 5.61. The van der Waals surface area contributed by atoms with E-state index in [0.717, 1.165) is 55.4 Å². The van der Waals surface area contributed by atoms with Crippen LogP contribution in [0.1, 0.15) is 18.0 Å². The number of methoxy groups -OCH3 is 3. The minimum Gasteiger partial charge on any atom is -0.496 e. The predicted molar refractivity (Wildman–Crippen MR) is 103 cm³/mol. The van der Waals surface area contributed by atoms with E-state index in [0.29, 0.717) is 0 Å². The minimum atomic E-state index is 0. The molecule has 1 aliphatic heterocycles. The van der Waals surface area contributed by atoms with Gasteiger partial charge in [0.05, 0.1) is 26.9 Å². The smallest absolute Gasteiger partial charge is 0.131 e.